The molecular formula is C8H5BrF3NO2. The fourth-order valence-electron chi connectivity index (χ4n) is 1.03. The van der Waals surface area contributed by atoms with E-state index in [-0.39, 0.29) is 10.0 Å². The van der Waals surface area contributed by atoms with E-state index in [0.29, 0.717) is 0 Å². The van der Waals surface area contributed by atoms with Gasteiger partial charge in [0.25, 0.3) is 0 Å². The summed E-state index contributed by atoms with van der Waals surface area (Å²) in [7, 11) is 0. The number of aliphatic carboxylic acids is 1. The Bertz CT molecular complexity index is 392. The van der Waals surface area contributed by atoms with E-state index in [1.165, 1.54) is 6.07 Å². The lowest BCUT2D eigenvalue weighted by Gasteiger charge is -2.11. The van der Waals surface area contributed by atoms with Crippen LogP contribution in [0.25, 0.3) is 0 Å². The molecule has 0 saturated carbocycles. The second-order valence-electron chi connectivity index (χ2n) is 2.69. The minimum atomic E-state index is -4.64. The van der Waals surface area contributed by atoms with E-state index in [2.05, 4.69) is 20.9 Å². The molecule has 0 unspecified atom stereocenters. The van der Waals surface area contributed by atoms with Crippen LogP contribution in [-0.4, -0.2) is 16.1 Å². The van der Waals surface area contributed by atoms with Crippen molar-refractivity contribution in [1.29, 1.82) is 0 Å². The quantitative estimate of drug-likeness (QED) is 0.907. The maximum atomic E-state index is 12.4. The number of nitrogens with zero attached hydrogens (tertiary/aromatic N) is 1. The number of halogens is 4. The van der Waals surface area contributed by atoms with Gasteiger partial charge in [0.05, 0.1) is 6.42 Å². The lowest BCUT2D eigenvalue weighted by molar-refractivity contribution is -0.142. The Kier molecular flexibility index (Phi) is 3.33. The molecule has 1 aromatic heterocycles. The first-order valence-corrected chi connectivity index (χ1v) is 4.54. The summed E-state index contributed by atoms with van der Waals surface area (Å²) in [6, 6.07) is 1.27. The smallest absolute Gasteiger partial charge is 0.433 e. The molecule has 7 heteroatoms. The van der Waals surface area contributed by atoms with Crippen molar-refractivity contribution < 1.29 is 23.1 Å². The molecule has 1 rings (SSSR count). The first-order valence-electron chi connectivity index (χ1n) is 3.74. The summed E-state index contributed by atoms with van der Waals surface area (Å²) in [5.41, 5.74) is -1.53. The van der Waals surface area contributed by atoms with Crippen molar-refractivity contribution in [2.45, 2.75) is 12.6 Å². The molecule has 0 fully saturated rings. The Morgan fingerprint density at radius 1 is 1.53 bits per heavy atom. The summed E-state index contributed by atoms with van der Waals surface area (Å²) in [6.07, 6.45) is -4.39. The van der Waals surface area contributed by atoms with Gasteiger partial charge in [-0.1, -0.05) is 15.9 Å². The molecule has 82 valence electrons. The number of carboxylic acids is 1. The molecule has 1 heterocycles. The number of carboxylic acid groups (broad SMARTS) is 1. The first kappa shape index (κ1) is 12.0. The Hall–Kier alpha value is -1.11. The predicted molar refractivity (Wildman–Crippen MR) is 48.3 cm³/mol. The topological polar surface area (TPSA) is 50.2 Å². The van der Waals surface area contributed by atoms with Crippen molar-refractivity contribution in [3.05, 3.63) is 28.0 Å². The first-order chi connectivity index (χ1) is 6.82. The number of pyridine rings is 1. The largest absolute Gasteiger partial charge is 0.481 e. The molecule has 0 saturated heterocycles. The van der Waals surface area contributed by atoms with Crippen molar-refractivity contribution in [1.82, 2.24) is 4.98 Å². The maximum absolute atomic E-state index is 12.4. The van der Waals surface area contributed by atoms with Crippen LogP contribution < -0.4 is 0 Å². The molecule has 15 heavy (non-hydrogen) atoms. The second kappa shape index (κ2) is 4.18. The molecular weight excluding hydrogens is 279 g/mol. The molecule has 0 aliphatic carbocycles. The highest BCUT2D eigenvalue weighted by molar-refractivity contribution is 9.10. The van der Waals surface area contributed by atoms with Crippen molar-refractivity contribution in [3.63, 3.8) is 0 Å². The molecule has 0 amide bonds. The average Bonchev–Trinajstić information content (AvgIpc) is 2.05. The number of alkyl halides is 3. The SMILES string of the molecule is O=C(O)Cc1c(Br)ccnc1C(F)(F)F. The standard InChI is InChI=1S/C8H5BrF3NO2/c9-5-1-2-13-7(8(10,11)12)4(5)3-6(14)15/h1-2H,3H2,(H,14,15). The van der Waals surface area contributed by atoms with E-state index >= 15 is 0 Å². The summed E-state index contributed by atoms with van der Waals surface area (Å²) >= 11 is 2.86. The van der Waals surface area contributed by atoms with Gasteiger partial charge >= 0.3 is 12.1 Å². The highest BCUT2D eigenvalue weighted by Gasteiger charge is 2.36. The van der Waals surface area contributed by atoms with Crippen molar-refractivity contribution in [2.24, 2.45) is 0 Å². The van der Waals surface area contributed by atoms with Crippen LogP contribution >= 0.6 is 15.9 Å². The predicted octanol–water partition coefficient (Wildman–Crippen LogP) is 2.49. The maximum Gasteiger partial charge on any atom is 0.433 e. The van der Waals surface area contributed by atoms with Crippen LogP contribution in [0.1, 0.15) is 11.3 Å². The number of aromatic nitrogens is 1. The lowest BCUT2D eigenvalue weighted by atomic mass is 10.1. The van der Waals surface area contributed by atoms with Gasteiger partial charge in [-0.15, -0.1) is 0 Å². The molecule has 0 bridgehead atoms. The van der Waals surface area contributed by atoms with E-state index in [0.717, 1.165) is 6.20 Å². The van der Waals surface area contributed by atoms with Crippen LogP contribution in [0.15, 0.2) is 16.7 Å². The molecule has 0 radical (unpaired) electrons. The third-order valence-electron chi connectivity index (χ3n) is 1.60. The molecule has 1 N–H and O–H groups in total. The van der Waals surface area contributed by atoms with Gasteiger partial charge < -0.3 is 5.11 Å². The Morgan fingerprint density at radius 2 is 2.13 bits per heavy atom. The molecule has 3 nitrogen and oxygen atoms in total. The summed E-state index contributed by atoms with van der Waals surface area (Å²) < 4.78 is 37.3. The van der Waals surface area contributed by atoms with E-state index in [4.69, 9.17) is 5.11 Å². The molecule has 0 aliphatic heterocycles. The van der Waals surface area contributed by atoms with E-state index in [9.17, 15) is 18.0 Å². The van der Waals surface area contributed by atoms with E-state index in [1.807, 2.05) is 0 Å². The Balaban J connectivity index is 3.26. The number of rotatable bonds is 2. The van der Waals surface area contributed by atoms with Crippen LogP contribution in [0.3, 0.4) is 0 Å². The van der Waals surface area contributed by atoms with Gasteiger partial charge in [0, 0.05) is 16.2 Å². The van der Waals surface area contributed by atoms with Gasteiger partial charge in [0.2, 0.25) is 0 Å². The van der Waals surface area contributed by atoms with Crippen LogP contribution in [0, 0.1) is 0 Å². The van der Waals surface area contributed by atoms with Crippen LogP contribution in [0.4, 0.5) is 13.2 Å². The molecule has 0 spiro atoms. The van der Waals surface area contributed by atoms with Gasteiger partial charge in [-0.2, -0.15) is 13.2 Å². The minimum Gasteiger partial charge on any atom is -0.481 e. The summed E-state index contributed by atoms with van der Waals surface area (Å²) in [6.45, 7) is 0. The fourth-order valence-corrected chi connectivity index (χ4v) is 1.48. The zero-order chi connectivity index (χ0) is 11.6. The number of carbonyl (C=O) groups is 1. The number of hydrogen-bond donors (Lipinski definition) is 1. The third kappa shape index (κ3) is 2.92. The van der Waals surface area contributed by atoms with Crippen molar-refractivity contribution >= 4 is 21.9 Å². The van der Waals surface area contributed by atoms with E-state index < -0.39 is 24.3 Å². The van der Waals surface area contributed by atoms with Gasteiger partial charge in [0.15, 0.2) is 0 Å². The third-order valence-corrected chi connectivity index (χ3v) is 2.34. The van der Waals surface area contributed by atoms with E-state index in [1.54, 1.807) is 0 Å². The lowest BCUT2D eigenvalue weighted by Crippen LogP contribution is -2.15. The van der Waals surface area contributed by atoms with Crippen LogP contribution in [0.5, 0.6) is 0 Å². The summed E-state index contributed by atoms with van der Waals surface area (Å²) in [5, 5.41) is 8.47. The van der Waals surface area contributed by atoms with Gasteiger partial charge in [-0.25, -0.2) is 0 Å². The zero-order valence-corrected chi connectivity index (χ0v) is 8.76. The van der Waals surface area contributed by atoms with Crippen LogP contribution in [0.2, 0.25) is 0 Å². The molecule has 0 aliphatic rings. The monoisotopic (exact) mass is 283 g/mol. The second-order valence-corrected chi connectivity index (χ2v) is 3.54. The Morgan fingerprint density at radius 3 is 2.60 bits per heavy atom. The van der Waals surface area contributed by atoms with Crippen LogP contribution in [-0.2, 0) is 17.4 Å². The summed E-state index contributed by atoms with van der Waals surface area (Å²) in [4.78, 5) is 13.5. The van der Waals surface area contributed by atoms with Crippen molar-refractivity contribution in [3.8, 4) is 0 Å². The molecule has 0 aromatic carbocycles. The van der Waals surface area contributed by atoms with Crippen molar-refractivity contribution in [2.75, 3.05) is 0 Å². The fraction of sp³-hybridized carbons (Fsp3) is 0.250. The van der Waals surface area contributed by atoms with Gasteiger partial charge in [-0.05, 0) is 6.07 Å². The Labute approximate surface area is 91.1 Å². The molecule has 0 atom stereocenters. The number of hydrogen-bond acceptors (Lipinski definition) is 2. The van der Waals surface area contributed by atoms with Gasteiger partial charge in [0.1, 0.15) is 5.69 Å². The molecule has 1 aromatic rings. The average molecular weight is 284 g/mol. The normalized spacial score (nSPS) is 11.5. The highest BCUT2D eigenvalue weighted by atomic mass is 79.9. The highest BCUT2D eigenvalue weighted by Crippen LogP contribution is 2.33. The van der Waals surface area contributed by atoms with Gasteiger partial charge in [-0.3, -0.25) is 9.78 Å². The zero-order valence-electron chi connectivity index (χ0n) is 7.18. The summed E-state index contributed by atoms with van der Waals surface area (Å²) in [5.74, 6) is -1.34. The minimum absolute atomic E-state index is 0.0900.